The van der Waals surface area contributed by atoms with Gasteiger partial charge in [-0.3, -0.25) is 9.59 Å². The summed E-state index contributed by atoms with van der Waals surface area (Å²) in [4.78, 5) is 22.2. The number of hydrogen-bond donors (Lipinski definition) is 3. The van der Waals surface area contributed by atoms with Crippen LogP contribution in [0.2, 0.25) is 0 Å². The second-order valence-electron chi connectivity index (χ2n) is 4.50. The van der Waals surface area contributed by atoms with E-state index in [1.807, 2.05) is 0 Å². The largest absolute Gasteiger partial charge is 0.481 e. The van der Waals surface area contributed by atoms with Crippen LogP contribution in [0.15, 0.2) is 0 Å². The van der Waals surface area contributed by atoms with Gasteiger partial charge in [-0.15, -0.1) is 0 Å². The molecule has 0 aromatic carbocycles. The van der Waals surface area contributed by atoms with Gasteiger partial charge < -0.3 is 16.2 Å². The first-order valence-electron chi connectivity index (χ1n) is 5.81. The van der Waals surface area contributed by atoms with Crippen LogP contribution in [0.5, 0.6) is 0 Å². The first-order chi connectivity index (χ1) is 7.58. The molecule has 16 heavy (non-hydrogen) atoms. The van der Waals surface area contributed by atoms with Crippen LogP contribution in [0.25, 0.3) is 0 Å². The number of nitrogens with one attached hydrogen (secondary N) is 1. The summed E-state index contributed by atoms with van der Waals surface area (Å²) < 4.78 is 0. The standard InChI is InChI=1S/C11H20N2O3/c12-7-2-1-4-9(14)13-11(5-3-6-11)8-10(15)16/h1-8,12H2,(H,13,14)(H,15,16). The molecule has 0 aliphatic heterocycles. The number of amides is 1. The molecule has 92 valence electrons. The molecule has 1 aliphatic carbocycles. The van der Waals surface area contributed by atoms with Crippen LogP contribution in [0, 0.1) is 0 Å². The van der Waals surface area contributed by atoms with Crippen molar-refractivity contribution in [3.63, 3.8) is 0 Å². The molecule has 0 radical (unpaired) electrons. The van der Waals surface area contributed by atoms with E-state index in [-0.39, 0.29) is 12.3 Å². The van der Waals surface area contributed by atoms with E-state index in [4.69, 9.17) is 10.8 Å². The average molecular weight is 228 g/mol. The number of aliphatic carboxylic acids is 1. The third-order valence-corrected chi connectivity index (χ3v) is 3.06. The van der Waals surface area contributed by atoms with Gasteiger partial charge in [0.1, 0.15) is 0 Å². The Morgan fingerprint density at radius 3 is 2.44 bits per heavy atom. The summed E-state index contributed by atoms with van der Waals surface area (Å²) in [5.41, 5.74) is 4.87. The average Bonchev–Trinajstić information content (AvgIpc) is 2.14. The molecule has 0 heterocycles. The van der Waals surface area contributed by atoms with E-state index >= 15 is 0 Å². The van der Waals surface area contributed by atoms with E-state index in [0.717, 1.165) is 32.1 Å². The predicted octanol–water partition coefficient (Wildman–Crippen LogP) is 0.629. The van der Waals surface area contributed by atoms with Gasteiger partial charge in [-0.05, 0) is 38.6 Å². The lowest BCUT2D eigenvalue weighted by molar-refractivity contribution is -0.140. The number of carboxylic acid groups (broad SMARTS) is 1. The molecule has 0 atom stereocenters. The molecule has 1 aliphatic rings. The molecule has 4 N–H and O–H groups in total. The highest BCUT2D eigenvalue weighted by atomic mass is 16.4. The van der Waals surface area contributed by atoms with E-state index < -0.39 is 11.5 Å². The normalized spacial score (nSPS) is 17.6. The Kier molecular flexibility index (Phi) is 4.73. The molecular formula is C11H20N2O3. The molecule has 5 heteroatoms. The van der Waals surface area contributed by atoms with Crippen LogP contribution < -0.4 is 11.1 Å². The minimum Gasteiger partial charge on any atom is -0.481 e. The highest BCUT2D eigenvalue weighted by molar-refractivity contribution is 5.78. The fourth-order valence-electron chi connectivity index (χ4n) is 2.03. The monoisotopic (exact) mass is 228 g/mol. The van der Waals surface area contributed by atoms with Crippen molar-refractivity contribution in [2.75, 3.05) is 6.54 Å². The van der Waals surface area contributed by atoms with E-state index in [2.05, 4.69) is 5.32 Å². The zero-order valence-corrected chi connectivity index (χ0v) is 9.50. The molecule has 0 aromatic rings. The topological polar surface area (TPSA) is 92.4 Å². The third kappa shape index (κ3) is 3.81. The van der Waals surface area contributed by atoms with Gasteiger partial charge in [0.2, 0.25) is 5.91 Å². The van der Waals surface area contributed by atoms with Crippen molar-refractivity contribution in [1.29, 1.82) is 0 Å². The van der Waals surface area contributed by atoms with Crippen LogP contribution in [0.1, 0.15) is 44.9 Å². The zero-order chi connectivity index (χ0) is 12.0. The highest BCUT2D eigenvalue weighted by Crippen LogP contribution is 2.34. The SMILES string of the molecule is NCCCCC(=O)NC1(CC(=O)O)CCC1. The fourth-order valence-corrected chi connectivity index (χ4v) is 2.03. The fraction of sp³-hybridized carbons (Fsp3) is 0.818. The smallest absolute Gasteiger partial charge is 0.305 e. The Balaban J connectivity index is 2.32. The molecule has 0 bridgehead atoms. The number of carbonyl (C=O) groups is 2. The van der Waals surface area contributed by atoms with Gasteiger partial charge >= 0.3 is 5.97 Å². The number of hydrogen-bond acceptors (Lipinski definition) is 3. The molecule has 0 unspecified atom stereocenters. The maximum absolute atomic E-state index is 11.6. The van der Waals surface area contributed by atoms with E-state index in [1.54, 1.807) is 0 Å². The Morgan fingerprint density at radius 1 is 1.31 bits per heavy atom. The predicted molar refractivity (Wildman–Crippen MR) is 59.9 cm³/mol. The van der Waals surface area contributed by atoms with Crippen LogP contribution in [-0.2, 0) is 9.59 Å². The van der Waals surface area contributed by atoms with Gasteiger partial charge in [-0.1, -0.05) is 0 Å². The molecule has 5 nitrogen and oxygen atoms in total. The molecule has 0 aromatic heterocycles. The first kappa shape index (κ1) is 13.0. The summed E-state index contributed by atoms with van der Waals surface area (Å²) in [6.07, 6.45) is 4.64. The maximum Gasteiger partial charge on any atom is 0.305 e. The summed E-state index contributed by atoms with van der Waals surface area (Å²) in [6.45, 7) is 0.591. The summed E-state index contributed by atoms with van der Waals surface area (Å²) in [7, 11) is 0. The maximum atomic E-state index is 11.6. The lowest BCUT2D eigenvalue weighted by atomic mass is 9.74. The van der Waals surface area contributed by atoms with Crippen molar-refractivity contribution in [2.24, 2.45) is 5.73 Å². The second kappa shape index (κ2) is 5.84. The summed E-state index contributed by atoms with van der Waals surface area (Å²) in [6, 6.07) is 0. The van der Waals surface area contributed by atoms with Crippen LogP contribution in [-0.4, -0.2) is 29.1 Å². The van der Waals surface area contributed by atoms with Gasteiger partial charge in [0.25, 0.3) is 0 Å². The molecule has 1 amide bonds. The molecule has 1 saturated carbocycles. The molecule has 0 spiro atoms. The summed E-state index contributed by atoms with van der Waals surface area (Å²) >= 11 is 0. The van der Waals surface area contributed by atoms with E-state index in [0.29, 0.717) is 13.0 Å². The van der Waals surface area contributed by atoms with E-state index in [9.17, 15) is 9.59 Å². The molecule has 0 saturated heterocycles. The van der Waals surface area contributed by atoms with Gasteiger partial charge in [-0.2, -0.15) is 0 Å². The van der Waals surface area contributed by atoms with E-state index in [1.165, 1.54) is 0 Å². The van der Waals surface area contributed by atoms with Crippen LogP contribution in [0.3, 0.4) is 0 Å². The minimum absolute atomic E-state index is 0.0373. The van der Waals surface area contributed by atoms with Crippen molar-refractivity contribution in [1.82, 2.24) is 5.32 Å². The third-order valence-electron chi connectivity index (χ3n) is 3.06. The van der Waals surface area contributed by atoms with Crippen molar-refractivity contribution in [2.45, 2.75) is 50.5 Å². The lowest BCUT2D eigenvalue weighted by Crippen LogP contribution is -2.54. The Hall–Kier alpha value is -1.10. The van der Waals surface area contributed by atoms with Gasteiger partial charge in [-0.25, -0.2) is 0 Å². The zero-order valence-electron chi connectivity index (χ0n) is 9.50. The number of carbonyl (C=O) groups excluding carboxylic acids is 1. The Morgan fingerprint density at radius 2 is 2.00 bits per heavy atom. The quantitative estimate of drug-likeness (QED) is 0.557. The first-order valence-corrected chi connectivity index (χ1v) is 5.81. The van der Waals surface area contributed by atoms with Crippen LogP contribution >= 0.6 is 0 Å². The van der Waals surface area contributed by atoms with Crippen LogP contribution in [0.4, 0.5) is 0 Å². The number of unbranched alkanes of at least 4 members (excludes halogenated alkanes) is 1. The molecule has 1 rings (SSSR count). The Bertz CT molecular complexity index is 262. The van der Waals surface area contributed by atoms with Crippen molar-refractivity contribution < 1.29 is 14.7 Å². The van der Waals surface area contributed by atoms with Gasteiger partial charge in [0, 0.05) is 6.42 Å². The lowest BCUT2D eigenvalue weighted by Gasteiger charge is -2.41. The summed E-state index contributed by atoms with van der Waals surface area (Å²) in [5.74, 6) is -0.892. The second-order valence-corrected chi connectivity index (χ2v) is 4.50. The number of rotatable bonds is 7. The molecular weight excluding hydrogens is 208 g/mol. The van der Waals surface area contributed by atoms with Crippen molar-refractivity contribution in [3.05, 3.63) is 0 Å². The summed E-state index contributed by atoms with van der Waals surface area (Å²) in [5, 5.41) is 11.6. The van der Waals surface area contributed by atoms with Gasteiger partial charge in [0.15, 0.2) is 0 Å². The Labute approximate surface area is 95.4 Å². The highest BCUT2D eigenvalue weighted by Gasteiger charge is 2.39. The van der Waals surface area contributed by atoms with Crippen molar-refractivity contribution >= 4 is 11.9 Å². The number of nitrogens with two attached hydrogens (primary N) is 1. The molecule has 1 fully saturated rings. The van der Waals surface area contributed by atoms with Crippen molar-refractivity contribution in [3.8, 4) is 0 Å². The minimum atomic E-state index is -0.845. The van der Waals surface area contributed by atoms with Gasteiger partial charge in [0.05, 0.1) is 12.0 Å². The number of carboxylic acids is 1.